The quantitative estimate of drug-likeness (QED) is 0.456. The van der Waals surface area contributed by atoms with Gasteiger partial charge in [-0.3, -0.25) is 14.2 Å². The maximum Gasteiger partial charge on any atom is 0.294 e. The first kappa shape index (κ1) is 25.2. The number of hydrogen-bond acceptors (Lipinski definition) is 7. The van der Waals surface area contributed by atoms with E-state index in [1.807, 2.05) is 6.92 Å². The van der Waals surface area contributed by atoms with Crippen LogP contribution in [0.1, 0.15) is 24.5 Å². The van der Waals surface area contributed by atoms with Crippen LogP contribution in [0.3, 0.4) is 0 Å². The second-order valence-corrected chi connectivity index (χ2v) is 9.89. The van der Waals surface area contributed by atoms with Crippen LogP contribution in [-0.4, -0.2) is 62.3 Å². The lowest BCUT2D eigenvalue weighted by atomic mass is 9.99. The van der Waals surface area contributed by atoms with Crippen LogP contribution in [0.25, 0.3) is 10.9 Å². The summed E-state index contributed by atoms with van der Waals surface area (Å²) in [4.78, 5) is 17.9. The van der Waals surface area contributed by atoms with Gasteiger partial charge in [0.05, 0.1) is 41.3 Å². The van der Waals surface area contributed by atoms with E-state index in [1.54, 1.807) is 18.2 Å². The molecule has 0 unspecified atom stereocenters. The minimum absolute atomic E-state index is 0.0145. The number of benzene rings is 2. The number of nitrogens with zero attached hydrogens (tertiary/aromatic N) is 1. The number of hydrogen-bond donors (Lipinski definition) is 3. The van der Waals surface area contributed by atoms with Crippen LogP contribution in [0.5, 0.6) is 5.75 Å². The van der Waals surface area contributed by atoms with Gasteiger partial charge in [-0.1, -0.05) is 18.2 Å². The Bertz CT molecular complexity index is 1320. The predicted molar refractivity (Wildman–Crippen MR) is 135 cm³/mol. The van der Waals surface area contributed by atoms with Gasteiger partial charge in [0.1, 0.15) is 5.75 Å². The molecule has 188 valence electrons. The number of anilines is 1. The molecule has 2 aliphatic heterocycles. The lowest BCUT2D eigenvalue weighted by Gasteiger charge is -2.27. The molecule has 0 saturated carbocycles. The molecule has 0 bridgehead atoms. The van der Waals surface area contributed by atoms with Crippen LogP contribution in [0.4, 0.5) is 5.69 Å². The number of ether oxygens (including phenoxy) is 2. The van der Waals surface area contributed by atoms with Gasteiger partial charge in [0.15, 0.2) is 0 Å². The van der Waals surface area contributed by atoms with Gasteiger partial charge >= 0.3 is 0 Å². The summed E-state index contributed by atoms with van der Waals surface area (Å²) in [5.41, 5.74) is 3.82. The molecule has 3 N–H and O–H groups in total. The fraction of sp³-hybridized carbons (Fsp3) is 0.400. The molecule has 1 saturated heterocycles. The summed E-state index contributed by atoms with van der Waals surface area (Å²) >= 11 is 0. The van der Waals surface area contributed by atoms with Gasteiger partial charge in [-0.2, -0.15) is 8.42 Å². The predicted octanol–water partition coefficient (Wildman–Crippen LogP) is 3.05. The first-order chi connectivity index (χ1) is 16.9. The summed E-state index contributed by atoms with van der Waals surface area (Å²) < 4.78 is 40.6. The molecular weight excluding hydrogens is 470 g/mol. The van der Waals surface area contributed by atoms with Crippen LogP contribution in [0.15, 0.2) is 52.2 Å². The van der Waals surface area contributed by atoms with Crippen molar-refractivity contribution in [1.82, 2.24) is 9.88 Å². The van der Waals surface area contributed by atoms with E-state index in [-0.39, 0.29) is 10.5 Å². The Kier molecular flexibility index (Phi) is 8.07. The number of aromatic nitrogens is 1. The second kappa shape index (κ2) is 11.2. The highest BCUT2D eigenvalue weighted by Gasteiger charge is 2.20. The van der Waals surface area contributed by atoms with Crippen molar-refractivity contribution in [2.24, 2.45) is 0 Å². The Labute approximate surface area is 204 Å². The van der Waals surface area contributed by atoms with Gasteiger partial charge in [0.2, 0.25) is 0 Å². The number of nitrogens with one attached hydrogen (secondary N) is 2. The van der Waals surface area contributed by atoms with Crippen molar-refractivity contribution < 1.29 is 22.4 Å². The standard InChI is InChI=1S/C19H25N3O3.C6H6O3S/c1-2-25-16-11-13(12-22-6-8-24-9-7-22)10-15-17(16)18-14(19(23)21-15)4-3-5-20-18;7-10(8,9)6-4-2-1-3-5-6/h10-11,20H,2-9,12H2,1H3,(H,21,23);1-5H,(H,7,8,9). The summed E-state index contributed by atoms with van der Waals surface area (Å²) in [6.45, 7) is 7.75. The van der Waals surface area contributed by atoms with Crippen molar-refractivity contribution in [1.29, 1.82) is 0 Å². The van der Waals surface area contributed by atoms with E-state index in [0.717, 1.165) is 85.7 Å². The molecule has 3 heterocycles. The Morgan fingerprint density at radius 1 is 1.14 bits per heavy atom. The molecule has 0 aliphatic carbocycles. The Hall–Kier alpha value is -2.92. The fourth-order valence-electron chi connectivity index (χ4n) is 4.37. The molecule has 0 amide bonds. The van der Waals surface area contributed by atoms with Crippen molar-refractivity contribution in [3.05, 3.63) is 63.9 Å². The minimum Gasteiger partial charge on any atom is -0.493 e. The van der Waals surface area contributed by atoms with E-state index >= 15 is 0 Å². The van der Waals surface area contributed by atoms with Crippen molar-refractivity contribution in [2.45, 2.75) is 31.2 Å². The SMILES string of the molecule is CCOc1cc(CN2CCOCC2)cc2[nH]c(=O)c3c(c12)NCCC3.O=S(=O)(O)c1ccccc1. The molecule has 1 aromatic heterocycles. The second-order valence-electron chi connectivity index (χ2n) is 8.46. The van der Waals surface area contributed by atoms with Crippen molar-refractivity contribution in [2.75, 3.05) is 44.8 Å². The van der Waals surface area contributed by atoms with Crippen LogP contribution in [0, 0.1) is 0 Å². The lowest BCUT2D eigenvalue weighted by Crippen LogP contribution is -2.35. The topological polar surface area (TPSA) is 121 Å². The first-order valence-corrected chi connectivity index (χ1v) is 13.2. The zero-order valence-corrected chi connectivity index (χ0v) is 20.6. The van der Waals surface area contributed by atoms with E-state index < -0.39 is 10.1 Å². The van der Waals surface area contributed by atoms with Crippen molar-refractivity contribution >= 4 is 26.7 Å². The van der Waals surface area contributed by atoms with Crippen LogP contribution < -0.4 is 15.6 Å². The molecule has 0 atom stereocenters. The van der Waals surface area contributed by atoms with E-state index in [4.69, 9.17) is 14.0 Å². The lowest BCUT2D eigenvalue weighted by molar-refractivity contribution is 0.0342. The van der Waals surface area contributed by atoms with Crippen molar-refractivity contribution in [3.63, 3.8) is 0 Å². The van der Waals surface area contributed by atoms with Gasteiger partial charge in [0, 0.05) is 31.7 Å². The number of aromatic amines is 1. The molecule has 5 rings (SSSR count). The third-order valence-corrected chi connectivity index (χ3v) is 6.86. The number of pyridine rings is 1. The van der Waals surface area contributed by atoms with E-state index in [9.17, 15) is 13.2 Å². The molecule has 10 heteroatoms. The highest BCUT2D eigenvalue weighted by Crippen LogP contribution is 2.36. The average molecular weight is 502 g/mol. The first-order valence-electron chi connectivity index (χ1n) is 11.8. The van der Waals surface area contributed by atoms with Crippen LogP contribution >= 0.6 is 0 Å². The molecule has 9 nitrogen and oxygen atoms in total. The van der Waals surface area contributed by atoms with Gasteiger partial charge in [-0.15, -0.1) is 0 Å². The zero-order chi connectivity index (χ0) is 24.8. The molecule has 35 heavy (non-hydrogen) atoms. The van der Waals surface area contributed by atoms with Crippen molar-refractivity contribution in [3.8, 4) is 5.75 Å². The molecule has 2 aliphatic rings. The van der Waals surface area contributed by atoms with Gasteiger partial charge in [0.25, 0.3) is 15.7 Å². The average Bonchev–Trinajstić information content (AvgIpc) is 2.85. The smallest absolute Gasteiger partial charge is 0.294 e. The Balaban J connectivity index is 0.000000243. The third-order valence-electron chi connectivity index (χ3n) is 5.99. The molecule has 0 spiro atoms. The third kappa shape index (κ3) is 6.21. The number of fused-ring (bicyclic) bond motifs is 3. The van der Waals surface area contributed by atoms with Gasteiger partial charge in [-0.05, 0) is 49.6 Å². The largest absolute Gasteiger partial charge is 0.493 e. The zero-order valence-electron chi connectivity index (χ0n) is 19.7. The summed E-state index contributed by atoms with van der Waals surface area (Å²) in [5, 5.41) is 4.42. The van der Waals surface area contributed by atoms with Gasteiger partial charge in [-0.25, -0.2) is 0 Å². The normalized spacial score (nSPS) is 16.1. The number of rotatable bonds is 5. The molecule has 2 aromatic carbocycles. The van der Waals surface area contributed by atoms with E-state index in [2.05, 4.69) is 27.3 Å². The highest BCUT2D eigenvalue weighted by molar-refractivity contribution is 7.85. The molecule has 0 radical (unpaired) electrons. The van der Waals surface area contributed by atoms with E-state index in [0.29, 0.717) is 6.61 Å². The maximum atomic E-state index is 12.5. The maximum absolute atomic E-state index is 12.5. The summed E-state index contributed by atoms with van der Waals surface area (Å²) in [6.07, 6.45) is 1.80. The molecular formula is C25H31N3O6S. The molecule has 3 aromatic rings. The Morgan fingerprint density at radius 2 is 1.89 bits per heavy atom. The fourth-order valence-corrected chi connectivity index (χ4v) is 4.87. The summed E-state index contributed by atoms with van der Waals surface area (Å²) in [6, 6.07) is 11.6. The number of H-pyrrole nitrogens is 1. The van der Waals surface area contributed by atoms with Crippen LogP contribution in [0.2, 0.25) is 0 Å². The summed E-state index contributed by atoms with van der Waals surface area (Å²) in [7, 11) is -4.00. The Morgan fingerprint density at radius 3 is 2.54 bits per heavy atom. The van der Waals surface area contributed by atoms with E-state index in [1.165, 1.54) is 12.1 Å². The van der Waals surface area contributed by atoms with Gasteiger partial charge < -0.3 is 19.8 Å². The summed E-state index contributed by atoms with van der Waals surface area (Å²) in [5.74, 6) is 0.852. The van der Waals surface area contributed by atoms with Crippen LogP contribution in [-0.2, 0) is 27.8 Å². The minimum atomic E-state index is -4.00. The number of morpholine rings is 1. The highest BCUT2D eigenvalue weighted by atomic mass is 32.2. The molecule has 1 fully saturated rings. The monoisotopic (exact) mass is 501 g/mol.